The molecule has 0 fully saturated rings. The van der Waals surface area contributed by atoms with Crippen LogP contribution in [0.15, 0.2) is 48.5 Å². The van der Waals surface area contributed by atoms with Crippen LogP contribution in [0.2, 0.25) is 0 Å². The van der Waals surface area contributed by atoms with E-state index in [2.05, 4.69) is 46.5 Å². The zero-order valence-corrected chi connectivity index (χ0v) is 16.1. The second kappa shape index (κ2) is 6.80. The number of nitrogens with zero attached hydrogens (tertiary/aromatic N) is 2. The molecule has 0 saturated carbocycles. The van der Waals surface area contributed by atoms with Gasteiger partial charge in [-0.25, -0.2) is 0 Å². The molecule has 2 aromatic carbocycles. The molecule has 1 N–H and O–H groups in total. The first-order valence-corrected chi connectivity index (χ1v) is 6.00. The number of anilines is 1. The number of nitrogens with one attached hydrogen (secondary N) is 1. The molecule has 3 rings (SSSR count). The summed E-state index contributed by atoms with van der Waals surface area (Å²) in [5, 5.41) is 3.32. The van der Waals surface area contributed by atoms with Crippen LogP contribution in [0.25, 0.3) is 11.0 Å². The van der Waals surface area contributed by atoms with E-state index in [-0.39, 0.29) is 58.2 Å². The van der Waals surface area contributed by atoms with Crippen LogP contribution in [0.4, 0.5) is 5.69 Å². The monoisotopic (exact) mass is 321 g/mol. The summed E-state index contributed by atoms with van der Waals surface area (Å²) in [6.07, 6.45) is 0. The van der Waals surface area contributed by atoms with E-state index < -0.39 is 0 Å². The summed E-state index contributed by atoms with van der Waals surface area (Å²) in [5.74, 6) is 0.830. The van der Waals surface area contributed by atoms with Crippen molar-refractivity contribution in [3.05, 3.63) is 59.9 Å². The summed E-state index contributed by atoms with van der Waals surface area (Å²) >= 11 is 0. The molecular weight excluding hydrogens is 308 g/mol. The van der Waals surface area contributed by atoms with Crippen LogP contribution in [0.1, 0.15) is 11.4 Å². The van der Waals surface area contributed by atoms with Crippen molar-refractivity contribution >= 4 is 16.7 Å². The van der Waals surface area contributed by atoms with Gasteiger partial charge in [-0.15, -0.1) is 0 Å². The van der Waals surface area contributed by atoms with Crippen LogP contribution in [0.5, 0.6) is 0 Å². The van der Waals surface area contributed by atoms with Gasteiger partial charge in [0.05, 0.1) is 0 Å². The minimum Gasteiger partial charge on any atom is -0.438 e. The normalized spacial score (nSPS) is 10.2. The number of benzene rings is 2. The van der Waals surface area contributed by atoms with Crippen molar-refractivity contribution in [1.29, 1.82) is 0 Å². The quantitative estimate of drug-likeness (QED) is 0.744. The fourth-order valence-corrected chi connectivity index (χ4v) is 1.89. The fourth-order valence-electron chi connectivity index (χ4n) is 1.89. The van der Waals surface area contributed by atoms with Crippen molar-refractivity contribution in [2.75, 3.05) is 5.32 Å². The first-order valence-electron chi connectivity index (χ1n) is 6.00. The summed E-state index contributed by atoms with van der Waals surface area (Å²) in [7, 11) is 0. The molecule has 0 unspecified atom stereocenters. The van der Waals surface area contributed by atoms with Gasteiger partial charge in [0.1, 0.15) is 0 Å². The van der Waals surface area contributed by atoms with Crippen LogP contribution in [0.3, 0.4) is 0 Å². The molecule has 0 atom stereocenters. The second-order valence-corrected chi connectivity index (χ2v) is 4.35. The van der Waals surface area contributed by atoms with Crippen LogP contribution in [0, 0.1) is 6.92 Å². The number of rotatable bonds is 3. The van der Waals surface area contributed by atoms with E-state index in [4.69, 9.17) is 0 Å². The van der Waals surface area contributed by atoms with Gasteiger partial charge in [-0.3, -0.25) is 0 Å². The van der Waals surface area contributed by atoms with Gasteiger partial charge in [0, 0.05) is 12.2 Å². The van der Waals surface area contributed by atoms with Gasteiger partial charge in [-0.2, -0.15) is 0 Å². The Morgan fingerprint density at radius 1 is 1.05 bits per heavy atom. The van der Waals surface area contributed by atoms with Crippen molar-refractivity contribution < 1.29 is 58.2 Å². The molecule has 1 aromatic heterocycles. The molecule has 0 bridgehead atoms. The Labute approximate surface area is 161 Å². The maximum absolute atomic E-state index is 4.47. The Morgan fingerprint density at radius 3 is 2.53 bits per heavy atom. The topological polar surface area (TPSA) is 39.0 Å². The van der Waals surface area contributed by atoms with Gasteiger partial charge < -0.3 is 15.3 Å². The van der Waals surface area contributed by atoms with E-state index in [0.29, 0.717) is 6.54 Å². The number of para-hydroxylation sites is 2. The molecule has 0 saturated heterocycles. The van der Waals surface area contributed by atoms with Crippen LogP contribution in [-0.4, -0.2) is 4.98 Å². The molecule has 3 nitrogen and oxygen atoms in total. The molecule has 19 heavy (non-hydrogen) atoms. The third kappa shape index (κ3) is 3.75. The number of hydrogen-bond acceptors (Lipinski definition) is 2. The van der Waals surface area contributed by atoms with Gasteiger partial charge in [0.25, 0.3) is 0 Å². The molecule has 90 valence electrons. The van der Waals surface area contributed by atoms with Gasteiger partial charge >= 0.3 is 58.2 Å². The van der Waals surface area contributed by atoms with E-state index in [1.165, 1.54) is 5.56 Å². The van der Waals surface area contributed by atoms with Crippen LogP contribution in [-0.2, 0) is 6.54 Å². The zero-order chi connectivity index (χ0) is 12.4. The van der Waals surface area contributed by atoms with E-state index in [1.54, 1.807) is 0 Å². The summed E-state index contributed by atoms with van der Waals surface area (Å²) in [4.78, 5) is 8.94. The number of aryl methyl sites for hydroxylation is 1. The number of aromatic nitrogens is 2. The Kier molecular flexibility index (Phi) is 5.33. The van der Waals surface area contributed by atoms with Crippen molar-refractivity contribution in [3.8, 4) is 0 Å². The van der Waals surface area contributed by atoms with Crippen LogP contribution < -0.4 is 68.5 Å². The molecular formula is C15H14N3Rb. The zero-order valence-electron chi connectivity index (χ0n) is 11.2. The summed E-state index contributed by atoms with van der Waals surface area (Å²) in [5.41, 5.74) is 4.27. The predicted octanol–water partition coefficient (Wildman–Crippen LogP) is 0.117. The maximum Gasteiger partial charge on any atom is 1.00 e. The Balaban J connectivity index is 0.00000133. The number of hydrogen-bond donors (Lipinski definition) is 1. The molecule has 1 heterocycles. The molecule has 0 aliphatic rings. The number of imidazole rings is 1. The van der Waals surface area contributed by atoms with E-state index in [0.717, 1.165) is 22.5 Å². The second-order valence-electron chi connectivity index (χ2n) is 4.35. The smallest absolute Gasteiger partial charge is 0.438 e. The van der Waals surface area contributed by atoms with Crippen molar-refractivity contribution in [2.24, 2.45) is 0 Å². The predicted molar refractivity (Wildman–Crippen MR) is 73.6 cm³/mol. The van der Waals surface area contributed by atoms with Gasteiger partial charge in [0.15, 0.2) is 0 Å². The minimum atomic E-state index is 0. The van der Waals surface area contributed by atoms with Crippen LogP contribution >= 0.6 is 0 Å². The fraction of sp³-hybridized carbons (Fsp3) is 0.133. The van der Waals surface area contributed by atoms with Gasteiger partial charge in [0.2, 0.25) is 0 Å². The third-order valence-corrected chi connectivity index (χ3v) is 2.88. The largest absolute Gasteiger partial charge is 1.00 e. The number of fused-ring (bicyclic) bond motifs is 1. The average molecular weight is 322 g/mol. The van der Waals surface area contributed by atoms with E-state index >= 15 is 0 Å². The summed E-state index contributed by atoms with van der Waals surface area (Å²) in [6, 6.07) is 16.2. The van der Waals surface area contributed by atoms with Gasteiger partial charge in [-0.05, 0) is 30.1 Å². The Bertz CT molecular complexity index is 625. The van der Waals surface area contributed by atoms with Crippen molar-refractivity contribution in [2.45, 2.75) is 13.5 Å². The first-order chi connectivity index (χ1) is 8.81. The van der Waals surface area contributed by atoms with Crippen molar-refractivity contribution in [1.82, 2.24) is 9.97 Å². The Hall–Kier alpha value is -0.485. The van der Waals surface area contributed by atoms with E-state index in [9.17, 15) is 0 Å². The standard InChI is InChI=1S/C15H14N3.Rb/c1-11-6-8-12(9-7-11)16-10-15-17-13-4-2-3-5-14(13)18-15;/h2-9,16H,10H2,1H3;/q-1;+1. The third-order valence-electron chi connectivity index (χ3n) is 2.88. The first kappa shape index (κ1) is 14.9. The average Bonchev–Trinajstić information content (AvgIpc) is 2.81. The molecule has 0 aliphatic carbocycles. The molecule has 0 spiro atoms. The molecule has 0 radical (unpaired) electrons. The molecule has 0 aliphatic heterocycles. The molecule has 3 aromatic rings. The van der Waals surface area contributed by atoms with Crippen molar-refractivity contribution in [3.63, 3.8) is 0 Å². The van der Waals surface area contributed by atoms with Gasteiger partial charge in [-0.1, -0.05) is 47.8 Å². The Morgan fingerprint density at radius 2 is 1.79 bits per heavy atom. The minimum absolute atomic E-state index is 0. The molecule has 4 heteroatoms. The SMILES string of the molecule is Cc1ccc(NCc2nc3ccccc3[n-]2)cc1.[Rb+]. The summed E-state index contributed by atoms with van der Waals surface area (Å²) in [6.45, 7) is 2.73. The van der Waals surface area contributed by atoms with E-state index in [1.807, 2.05) is 24.3 Å². The summed E-state index contributed by atoms with van der Waals surface area (Å²) < 4.78 is 0. The molecule has 0 amide bonds. The maximum atomic E-state index is 4.47.